The van der Waals surface area contributed by atoms with Gasteiger partial charge in [-0.25, -0.2) is 0 Å². The minimum Gasteiger partial charge on any atom is -0.335 e. The van der Waals surface area contributed by atoms with Crippen molar-refractivity contribution < 1.29 is 4.79 Å². The first-order chi connectivity index (χ1) is 16.9. The Morgan fingerprint density at radius 3 is 2.11 bits per heavy atom. The number of hydrogen-bond acceptors (Lipinski definition) is 1. The highest BCUT2D eigenvalue weighted by atomic mass is 35.5. The van der Waals surface area contributed by atoms with Gasteiger partial charge in [-0.05, 0) is 59.8 Å². The zero-order chi connectivity index (χ0) is 24.4. The molecule has 0 N–H and O–H groups in total. The van der Waals surface area contributed by atoms with E-state index in [1.54, 1.807) is 0 Å². The molecule has 2 bridgehead atoms. The summed E-state index contributed by atoms with van der Waals surface area (Å²) >= 11 is 6.48. The number of rotatable bonds is 8. The molecule has 3 aliphatic rings. The third-order valence-electron chi connectivity index (χ3n) is 8.44. The third kappa shape index (κ3) is 4.82. The Morgan fingerprint density at radius 2 is 1.54 bits per heavy atom. The van der Waals surface area contributed by atoms with E-state index < -0.39 is 0 Å². The van der Waals surface area contributed by atoms with Gasteiger partial charge in [-0.15, -0.1) is 0 Å². The molecule has 0 aromatic heterocycles. The van der Waals surface area contributed by atoms with Crippen LogP contribution in [0, 0.1) is 17.3 Å². The fourth-order valence-corrected chi connectivity index (χ4v) is 6.33. The van der Waals surface area contributed by atoms with Crippen molar-refractivity contribution in [3.05, 3.63) is 118 Å². The molecule has 1 saturated carbocycles. The van der Waals surface area contributed by atoms with Crippen LogP contribution in [0.3, 0.4) is 0 Å². The molecular formula is C32H34ClNO. The van der Waals surface area contributed by atoms with E-state index >= 15 is 0 Å². The molecule has 3 heteroatoms. The van der Waals surface area contributed by atoms with E-state index in [4.69, 9.17) is 11.6 Å². The van der Waals surface area contributed by atoms with Gasteiger partial charge in [0.2, 0.25) is 0 Å². The maximum atomic E-state index is 13.8. The van der Waals surface area contributed by atoms with Gasteiger partial charge in [0.1, 0.15) is 0 Å². The van der Waals surface area contributed by atoms with Gasteiger partial charge in [0.15, 0.2) is 0 Å². The van der Waals surface area contributed by atoms with Crippen LogP contribution in [-0.4, -0.2) is 23.9 Å². The number of carbonyl (C=O) groups excluding carboxylic acids is 1. The van der Waals surface area contributed by atoms with Crippen LogP contribution in [0.2, 0.25) is 5.02 Å². The third-order valence-corrected chi connectivity index (χ3v) is 8.77. The van der Waals surface area contributed by atoms with Crippen molar-refractivity contribution in [3.63, 3.8) is 0 Å². The number of halogens is 1. The molecule has 3 aromatic rings. The van der Waals surface area contributed by atoms with Gasteiger partial charge in [0, 0.05) is 19.0 Å². The molecule has 180 valence electrons. The Kier molecular flexibility index (Phi) is 6.84. The molecule has 0 spiro atoms. The number of hydrogen-bond donors (Lipinski definition) is 0. The van der Waals surface area contributed by atoms with Crippen molar-refractivity contribution in [3.8, 4) is 0 Å². The Labute approximate surface area is 214 Å². The number of amides is 1. The number of nitrogens with zero attached hydrogens (tertiary/aromatic N) is 1. The summed E-state index contributed by atoms with van der Waals surface area (Å²) in [5.41, 5.74) is 4.91. The van der Waals surface area contributed by atoms with Crippen LogP contribution in [0.15, 0.2) is 96.6 Å². The zero-order valence-corrected chi connectivity index (χ0v) is 21.4. The molecule has 35 heavy (non-hydrogen) atoms. The second-order valence-electron chi connectivity index (χ2n) is 10.7. The lowest BCUT2D eigenvalue weighted by atomic mass is 9.49. The lowest BCUT2D eigenvalue weighted by Crippen LogP contribution is -2.50. The molecule has 0 aliphatic heterocycles. The summed E-state index contributed by atoms with van der Waals surface area (Å²) in [7, 11) is 0. The summed E-state index contributed by atoms with van der Waals surface area (Å²) in [5.74, 6) is 1.60. The standard InChI is InChI=1S/C32H34ClNO/c1-32(2)26-18-17-25(29(32)21-26)22-34(31(35)28-15-9-10-16-30(28)33)20-19-27(23-11-5-3-6-12-23)24-13-7-4-8-14-24/h3-17,26-27,29H,18-22H2,1-2H3. The van der Waals surface area contributed by atoms with E-state index in [1.807, 2.05) is 29.2 Å². The van der Waals surface area contributed by atoms with Gasteiger partial charge in [0.05, 0.1) is 10.6 Å². The average Bonchev–Trinajstić information content (AvgIpc) is 2.89. The summed E-state index contributed by atoms with van der Waals surface area (Å²) < 4.78 is 0. The number of allylic oxidation sites excluding steroid dienone is 1. The van der Waals surface area contributed by atoms with E-state index in [1.165, 1.54) is 23.1 Å². The summed E-state index contributed by atoms with van der Waals surface area (Å²) in [6.45, 7) is 6.13. The molecule has 2 unspecified atom stereocenters. The topological polar surface area (TPSA) is 20.3 Å². The van der Waals surface area contributed by atoms with Crippen molar-refractivity contribution in [2.75, 3.05) is 13.1 Å². The largest absolute Gasteiger partial charge is 0.335 e. The average molecular weight is 484 g/mol. The fourth-order valence-electron chi connectivity index (χ4n) is 6.12. The maximum Gasteiger partial charge on any atom is 0.255 e. The normalized spacial score (nSPS) is 20.2. The first kappa shape index (κ1) is 23.9. The van der Waals surface area contributed by atoms with Crippen LogP contribution in [0.5, 0.6) is 0 Å². The quantitative estimate of drug-likeness (QED) is 0.297. The first-order valence-corrected chi connectivity index (χ1v) is 13.2. The van der Waals surface area contributed by atoms with Crippen LogP contribution in [0.4, 0.5) is 0 Å². The van der Waals surface area contributed by atoms with E-state index in [-0.39, 0.29) is 11.8 Å². The Morgan fingerprint density at radius 1 is 0.943 bits per heavy atom. The molecule has 3 aliphatic carbocycles. The Hall–Kier alpha value is -2.84. The van der Waals surface area contributed by atoms with Crippen molar-refractivity contribution >= 4 is 17.5 Å². The monoisotopic (exact) mass is 483 g/mol. The van der Waals surface area contributed by atoms with E-state index in [9.17, 15) is 4.79 Å². The van der Waals surface area contributed by atoms with Crippen molar-refractivity contribution in [1.82, 2.24) is 4.90 Å². The molecular weight excluding hydrogens is 450 g/mol. The highest BCUT2D eigenvalue weighted by Crippen LogP contribution is 2.59. The van der Waals surface area contributed by atoms with E-state index in [0.29, 0.717) is 35.0 Å². The molecule has 2 atom stereocenters. The highest BCUT2D eigenvalue weighted by molar-refractivity contribution is 6.33. The van der Waals surface area contributed by atoms with Gasteiger partial charge >= 0.3 is 0 Å². The fraction of sp³-hybridized carbons (Fsp3) is 0.344. The van der Waals surface area contributed by atoms with Crippen molar-refractivity contribution in [1.29, 1.82) is 0 Å². The minimum absolute atomic E-state index is 0.0237. The molecule has 3 aromatic carbocycles. The van der Waals surface area contributed by atoms with Gasteiger partial charge in [-0.3, -0.25) is 4.79 Å². The zero-order valence-electron chi connectivity index (χ0n) is 20.7. The highest BCUT2D eigenvalue weighted by Gasteiger charge is 2.51. The van der Waals surface area contributed by atoms with E-state index in [2.05, 4.69) is 80.6 Å². The summed E-state index contributed by atoms with van der Waals surface area (Å²) in [5, 5.41) is 0.520. The molecule has 6 rings (SSSR count). The molecule has 2 nitrogen and oxygen atoms in total. The SMILES string of the molecule is CC1(C)C2CC=C(CN(CCC(c3ccccc3)c3ccccc3)C(=O)c3ccccc3Cl)C1C2. The molecule has 0 heterocycles. The summed E-state index contributed by atoms with van der Waals surface area (Å²) in [6, 6.07) is 28.7. The van der Waals surface area contributed by atoms with E-state index in [0.717, 1.165) is 18.8 Å². The van der Waals surface area contributed by atoms with Crippen molar-refractivity contribution in [2.45, 2.75) is 39.0 Å². The lowest BCUT2D eigenvalue weighted by Gasteiger charge is -2.57. The van der Waals surface area contributed by atoms with Crippen molar-refractivity contribution in [2.24, 2.45) is 17.3 Å². The first-order valence-electron chi connectivity index (χ1n) is 12.8. The number of fused-ring (bicyclic) bond motifs is 1. The molecule has 0 saturated heterocycles. The Balaban J connectivity index is 1.43. The minimum atomic E-state index is 0.0237. The van der Waals surface area contributed by atoms with Gasteiger partial charge in [-0.2, -0.15) is 0 Å². The van der Waals surface area contributed by atoms with Gasteiger partial charge < -0.3 is 4.90 Å². The number of carbonyl (C=O) groups is 1. The predicted molar refractivity (Wildman–Crippen MR) is 145 cm³/mol. The second-order valence-corrected chi connectivity index (χ2v) is 11.1. The van der Waals surface area contributed by atoms with Crippen LogP contribution < -0.4 is 0 Å². The van der Waals surface area contributed by atoms with Gasteiger partial charge in [-0.1, -0.05) is 110 Å². The van der Waals surface area contributed by atoms with Crippen LogP contribution in [0.1, 0.15) is 60.5 Å². The molecule has 1 amide bonds. The molecule has 1 fully saturated rings. The smallest absolute Gasteiger partial charge is 0.255 e. The second kappa shape index (κ2) is 10.0. The predicted octanol–water partition coefficient (Wildman–Crippen LogP) is 8.00. The van der Waals surface area contributed by atoms with Crippen LogP contribution in [0.25, 0.3) is 0 Å². The summed E-state index contributed by atoms with van der Waals surface area (Å²) in [6.07, 6.45) is 5.64. The lowest BCUT2D eigenvalue weighted by molar-refractivity contribution is -0.0103. The Bertz CT molecular complexity index is 1160. The summed E-state index contributed by atoms with van der Waals surface area (Å²) in [4.78, 5) is 15.9. The van der Waals surface area contributed by atoms with Gasteiger partial charge in [0.25, 0.3) is 5.91 Å². The van der Waals surface area contributed by atoms with Crippen LogP contribution >= 0.6 is 11.6 Å². The molecule has 0 radical (unpaired) electrons. The maximum absolute atomic E-state index is 13.8. The van der Waals surface area contributed by atoms with Crippen LogP contribution in [-0.2, 0) is 0 Å². The number of benzene rings is 3.